The van der Waals surface area contributed by atoms with Crippen LogP contribution in [0.2, 0.25) is 0 Å². The maximum absolute atomic E-state index is 9.49. The van der Waals surface area contributed by atoms with Gasteiger partial charge in [0, 0.05) is 6.07 Å². The first-order valence-electron chi connectivity index (χ1n) is 6.81. The third kappa shape index (κ3) is 3.75. The molecule has 0 fully saturated rings. The van der Waals surface area contributed by atoms with Crippen molar-refractivity contribution in [1.82, 2.24) is 0 Å². The lowest BCUT2D eigenvalue weighted by molar-refractivity contribution is 0.451. The van der Waals surface area contributed by atoms with E-state index in [2.05, 4.69) is 19.1 Å². The summed E-state index contributed by atoms with van der Waals surface area (Å²) < 4.78 is 0. The van der Waals surface area contributed by atoms with Crippen molar-refractivity contribution in [3.63, 3.8) is 0 Å². The van der Waals surface area contributed by atoms with E-state index in [4.69, 9.17) is 0 Å². The number of rotatable bonds is 5. The minimum Gasteiger partial charge on any atom is -0.508 e. The summed E-state index contributed by atoms with van der Waals surface area (Å²) in [7, 11) is 0. The van der Waals surface area contributed by atoms with Crippen LogP contribution in [0.3, 0.4) is 0 Å². The van der Waals surface area contributed by atoms with Crippen LogP contribution in [0.4, 0.5) is 0 Å². The van der Waals surface area contributed by atoms with Gasteiger partial charge in [-0.2, -0.15) is 0 Å². The topological polar surface area (TPSA) is 40.5 Å². The van der Waals surface area contributed by atoms with Crippen molar-refractivity contribution in [1.29, 1.82) is 0 Å². The summed E-state index contributed by atoms with van der Waals surface area (Å²) in [6.45, 7) is 2.21. The molecule has 0 atom stereocenters. The van der Waals surface area contributed by atoms with Crippen molar-refractivity contribution < 1.29 is 10.2 Å². The summed E-state index contributed by atoms with van der Waals surface area (Å²) in [6.07, 6.45) is 4.84. The van der Waals surface area contributed by atoms with Gasteiger partial charge in [-0.1, -0.05) is 44.0 Å². The molecule has 0 unspecified atom stereocenters. The van der Waals surface area contributed by atoms with Crippen LogP contribution in [0.5, 0.6) is 11.5 Å². The summed E-state index contributed by atoms with van der Waals surface area (Å²) >= 11 is 0. The first-order valence-corrected chi connectivity index (χ1v) is 6.81. The quantitative estimate of drug-likeness (QED) is 0.773. The molecule has 2 aromatic carbocycles. The Morgan fingerprint density at radius 3 is 2.00 bits per heavy atom. The lowest BCUT2D eigenvalue weighted by Gasteiger charge is -2.06. The van der Waals surface area contributed by atoms with Gasteiger partial charge in [0.15, 0.2) is 0 Å². The van der Waals surface area contributed by atoms with Gasteiger partial charge in [-0.25, -0.2) is 0 Å². The lowest BCUT2D eigenvalue weighted by Crippen LogP contribution is -1.86. The standard InChI is InChI=1S/C17H20O2/c1-2-3-4-5-13-6-8-14(9-7-13)15-10-16(18)12-17(19)11-15/h6-12,18-19H,2-5H2,1H3. The molecule has 0 saturated carbocycles. The Hall–Kier alpha value is -1.96. The highest BCUT2D eigenvalue weighted by molar-refractivity contribution is 5.67. The molecule has 2 rings (SSSR count). The van der Waals surface area contributed by atoms with Gasteiger partial charge in [-0.05, 0) is 41.7 Å². The maximum Gasteiger partial charge on any atom is 0.119 e. The van der Waals surface area contributed by atoms with Crippen molar-refractivity contribution in [3.05, 3.63) is 48.0 Å². The van der Waals surface area contributed by atoms with Crippen LogP contribution in [0.15, 0.2) is 42.5 Å². The van der Waals surface area contributed by atoms with E-state index in [9.17, 15) is 10.2 Å². The fourth-order valence-electron chi connectivity index (χ4n) is 2.20. The van der Waals surface area contributed by atoms with Crippen molar-refractivity contribution >= 4 is 0 Å². The second kappa shape index (κ2) is 6.28. The van der Waals surface area contributed by atoms with E-state index in [1.807, 2.05) is 12.1 Å². The van der Waals surface area contributed by atoms with Gasteiger partial charge in [0.2, 0.25) is 0 Å². The molecule has 0 aliphatic carbocycles. The largest absolute Gasteiger partial charge is 0.508 e. The zero-order valence-electron chi connectivity index (χ0n) is 11.3. The molecule has 0 aliphatic rings. The fourth-order valence-corrected chi connectivity index (χ4v) is 2.20. The third-order valence-electron chi connectivity index (χ3n) is 3.26. The summed E-state index contributed by atoms with van der Waals surface area (Å²) in [5, 5.41) is 19.0. The number of aromatic hydroxyl groups is 2. The van der Waals surface area contributed by atoms with Gasteiger partial charge in [0.1, 0.15) is 11.5 Å². The fraction of sp³-hybridized carbons (Fsp3) is 0.294. The van der Waals surface area contributed by atoms with Crippen LogP contribution in [-0.4, -0.2) is 10.2 Å². The summed E-state index contributed by atoms with van der Waals surface area (Å²) in [5.74, 6) is 0.170. The minimum atomic E-state index is 0.0852. The summed E-state index contributed by atoms with van der Waals surface area (Å²) in [4.78, 5) is 0. The highest BCUT2D eigenvalue weighted by Crippen LogP contribution is 2.28. The van der Waals surface area contributed by atoms with Crippen LogP contribution in [0.25, 0.3) is 11.1 Å². The molecule has 0 saturated heterocycles. The molecule has 2 heteroatoms. The Balaban J connectivity index is 2.13. The number of hydrogen-bond acceptors (Lipinski definition) is 2. The van der Waals surface area contributed by atoms with Gasteiger partial charge >= 0.3 is 0 Å². The first-order chi connectivity index (χ1) is 9.19. The van der Waals surface area contributed by atoms with Crippen LogP contribution in [0.1, 0.15) is 31.7 Å². The van der Waals surface area contributed by atoms with Crippen molar-refractivity contribution in [2.75, 3.05) is 0 Å². The molecule has 2 N–H and O–H groups in total. The number of aryl methyl sites for hydroxylation is 1. The van der Waals surface area contributed by atoms with Crippen LogP contribution in [-0.2, 0) is 6.42 Å². The number of unbranched alkanes of at least 4 members (excludes halogenated alkanes) is 2. The minimum absolute atomic E-state index is 0.0852. The van der Waals surface area contributed by atoms with Crippen LogP contribution >= 0.6 is 0 Å². The van der Waals surface area contributed by atoms with E-state index in [1.165, 1.54) is 30.9 Å². The average molecular weight is 256 g/mol. The van der Waals surface area contributed by atoms with Crippen molar-refractivity contribution in [3.8, 4) is 22.6 Å². The highest BCUT2D eigenvalue weighted by atomic mass is 16.3. The molecule has 0 bridgehead atoms. The van der Waals surface area contributed by atoms with Gasteiger partial charge in [0.05, 0.1) is 0 Å². The molecular formula is C17H20O2. The molecule has 0 aliphatic heterocycles. The molecule has 0 aromatic heterocycles. The van der Waals surface area contributed by atoms with E-state index in [-0.39, 0.29) is 11.5 Å². The molecule has 0 radical (unpaired) electrons. The average Bonchev–Trinajstić information content (AvgIpc) is 2.39. The molecule has 0 amide bonds. The van der Waals surface area contributed by atoms with E-state index in [1.54, 1.807) is 12.1 Å². The van der Waals surface area contributed by atoms with Gasteiger partial charge < -0.3 is 10.2 Å². The normalized spacial score (nSPS) is 10.6. The number of phenols is 2. The summed E-state index contributed by atoms with van der Waals surface area (Å²) in [5.41, 5.74) is 3.17. The SMILES string of the molecule is CCCCCc1ccc(-c2cc(O)cc(O)c2)cc1. The monoisotopic (exact) mass is 256 g/mol. The Kier molecular flexibility index (Phi) is 4.45. The predicted molar refractivity (Wildman–Crippen MR) is 78.4 cm³/mol. The smallest absolute Gasteiger partial charge is 0.119 e. The second-order valence-corrected chi connectivity index (χ2v) is 4.89. The van der Waals surface area contributed by atoms with Gasteiger partial charge in [-0.3, -0.25) is 0 Å². The zero-order chi connectivity index (χ0) is 13.7. The molecule has 2 aromatic rings. The predicted octanol–water partition coefficient (Wildman–Crippen LogP) is 4.50. The van der Waals surface area contributed by atoms with Crippen LogP contribution in [0, 0.1) is 0 Å². The molecular weight excluding hydrogens is 236 g/mol. The number of hydrogen-bond donors (Lipinski definition) is 2. The molecule has 0 heterocycles. The Morgan fingerprint density at radius 2 is 1.42 bits per heavy atom. The van der Waals surface area contributed by atoms with E-state index < -0.39 is 0 Å². The van der Waals surface area contributed by atoms with Crippen molar-refractivity contribution in [2.24, 2.45) is 0 Å². The molecule has 100 valence electrons. The Labute approximate surface area is 114 Å². The van der Waals surface area contributed by atoms with Gasteiger partial charge in [-0.15, -0.1) is 0 Å². The maximum atomic E-state index is 9.49. The lowest BCUT2D eigenvalue weighted by atomic mass is 10.0. The van der Waals surface area contributed by atoms with E-state index >= 15 is 0 Å². The van der Waals surface area contributed by atoms with Gasteiger partial charge in [0.25, 0.3) is 0 Å². The second-order valence-electron chi connectivity index (χ2n) is 4.89. The van der Waals surface area contributed by atoms with E-state index in [0.29, 0.717) is 0 Å². The molecule has 19 heavy (non-hydrogen) atoms. The molecule has 0 spiro atoms. The Bertz CT molecular complexity index is 509. The van der Waals surface area contributed by atoms with Crippen molar-refractivity contribution in [2.45, 2.75) is 32.6 Å². The number of phenolic OH excluding ortho intramolecular Hbond substituents is 2. The summed E-state index contributed by atoms with van der Waals surface area (Å²) in [6, 6.07) is 13.0. The highest BCUT2D eigenvalue weighted by Gasteiger charge is 2.02. The third-order valence-corrected chi connectivity index (χ3v) is 3.26. The van der Waals surface area contributed by atoms with E-state index in [0.717, 1.165) is 17.5 Å². The zero-order valence-corrected chi connectivity index (χ0v) is 11.3. The first kappa shape index (κ1) is 13.5. The Morgan fingerprint density at radius 1 is 0.789 bits per heavy atom. The number of benzene rings is 2. The van der Waals surface area contributed by atoms with Crippen LogP contribution < -0.4 is 0 Å². The molecule has 2 nitrogen and oxygen atoms in total.